The maximum absolute atomic E-state index is 13.8. The molecule has 0 bridgehead atoms. The van der Waals surface area contributed by atoms with Gasteiger partial charge in [-0.25, -0.2) is 8.42 Å². The van der Waals surface area contributed by atoms with Gasteiger partial charge in [-0.2, -0.15) is 4.72 Å². The Balaban J connectivity index is 1.71. The first kappa shape index (κ1) is 36.6. The molecular formula is C31H48N4O9S. The summed E-state index contributed by atoms with van der Waals surface area (Å²) < 4.78 is 34.8. The van der Waals surface area contributed by atoms with Gasteiger partial charge in [-0.1, -0.05) is 37.1 Å². The van der Waals surface area contributed by atoms with E-state index in [4.69, 9.17) is 0 Å². The minimum absolute atomic E-state index is 0.0601. The lowest BCUT2D eigenvalue weighted by Crippen LogP contribution is -2.62. The van der Waals surface area contributed by atoms with E-state index in [9.17, 15) is 38.4 Å². The quantitative estimate of drug-likeness (QED) is 0.102. The lowest BCUT2D eigenvalue weighted by atomic mass is 9.94. The number of carbonyl (C=O) groups excluding carboxylic acids is 2. The largest absolute Gasteiger partial charge is 0.469 e. The second-order valence-electron chi connectivity index (χ2n) is 11.7. The first-order valence-electron chi connectivity index (χ1n) is 15.4. The molecular weight excluding hydrogens is 604 g/mol. The first-order valence-corrected chi connectivity index (χ1v) is 16.8. The predicted molar refractivity (Wildman–Crippen MR) is 170 cm³/mol. The Morgan fingerprint density at radius 1 is 1.00 bits per heavy atom. The Morgan fingerprint density at radius 3 is 2.40 bits per heavy atom. The van der Waals surface area contributed by atoms with E-state index in [1.165, 1.54) is 13.2 Å². The monoisotopic (exact) mass is 652 g/mol. The fourth-order valence-electron chi connectivity index (χ4n) is 5.69. The number of carbonyl (C=O) groups is 2. The molecule has 2 aromatic carbocycles. The third kappa shape index (κ3) is 9.82. The zero-order valence-corrected chi connectivity index (χ0v) is 27.1. The molecule has 1 fully saturated rings. The van der Waals surface area contributed by atoms with Crippen molar-refractivity contribution in [3.05, 3.63) is 36.4 Å². The molecule has 1 aliphatic heterocycles. The molecule has 45 heavy (non-hydrogen) atoms. The van der Waals surface area contributed by atoms with E-state index in [2.05, 4.69) is 14.8 Å². The number of likely N-dealkylation sites (tertiary alicyclic amines) is 1. The second-order valence-corrected chi connectivity index (χ2v) is 13.3. The van der Waals surface area contributed by atoms with E-state index in [0.29, 0.717) is 50.6 Å². The van der Waals surface area contributed by atoms with Crippen molar-refractivity contribution < 1.29 is 43.2 Å². The van der Waals surface area contributed by atoms with E-state index in [1.54, 1.807) is 23.1 Å². The number of amides is 1. The second kappa shape index (κ2) is 17.2. The van der Waals surface area contributed by atoms with Crippen LogP contribution in [0.2, 0.25) is 0 Å². The molecule has 5 atom stereocenters. The summed E-state index contributed by atoms with van der Waals surface area (Å²) in [4.78, 5) is 28.3. The number of anilines is 1. The summed E-state index contributed by atoms with van der Waals surface area (Å²) in [6, 6.07) is 8.62. The summed E-state index contributed by atoms with van der Waals surface area (Å²) in [6.07, 6.45) is -0.586. The maximum Gasteiger partial charge on any atom is 0.305 e. The van der Waals surface area contributed by atoms with E-state index in [1.807, 2.05) is 31.1 Å². The van der Waals surface area contributed by atoms with Crippen LogP contribution in [0.3, 0.4) is 0 Å². The number of rotatable bonds is 17. The predicted octanol–water partition coefficient (Wildman–Crippen LogP) is 0.332. The number of aliphatic hydroxyl groups is 4. The van der Waals surface area contributed by atoms with Crippen LogP contribution in [0, 0.1) is 0 Å². The summed E-state index contributed by atoms with van der Waals surface area (Å²) >= 11 is 0. The normalized spacial score (nSPS) is 21.4. The summed E-state index contributed by atoms with van der Waals surface area (Å²) in [5, 5.41) is 44.2. The van der Waals surface area contributed by atoms with Gasteiger partial charge in [0.1, 0.15) is 18.2 Å². The third-order valence-corrected chi connectivity index (χ3v) is 9.76. The van der Waals surface area contributed by atoms with Crippen LogP contribution >= 0.6 is 0 Å². The molecule has 0 unspecified atom stereocenters. The van der Waals surface area contributed by atoms with E-state index >= 15 is 0 Å². The maximum atomic E-state index is 13.8. The van der Waals surface area contributed by atoms with Gasteiger partial charge in [-0.3, -0.25) is 14.5 Å². The third-order valence-electron chi connectivity index (χ3n) is 8.23. The number of nitrogens with zero attached hydrogens (tertiary/aromatic N) is 2. The zero-order valence-electron chi connectivity index (χ0n) is 26.3. The Morgan fingerprint density at radius 2 is 1.71 bits per heavy atom. The smallest absolute Gasteiger partial charge is 0.305 e. The zero-order chi connectivity index (χ0) is 33.1. The van der Waals surface area contributed by atoms with Gasteiger partial charge in [0.25, 0.3) is 0 Å². The van der Waals surface area contributed by atoms with Crippen LogP contribution in [0.25, 0.3) is 10.8 Å². The number of β-amino-alcohol motifs (C(OH)–C–C–N with tert-alkyl or cyclic N) is 1. The summed E-state index contributed by atoms with van der Waals surface area (Å²) in [6.45, 7) is 0.314. The molecule has 0 radical (unpaired) electrons. The number of hydrogen-bond donors (Lipinski definition) is 6. The van der Waals surface area contributed by atoms with Crippen LogP contribution in [0.4, 0.5) is 5.69 Å². The van der Waals surface area contributed by atoms with Crippen LogP contribution < -0.4 is 14.9 Å². The Labute approximate surface area is 265 Å². The number of piperidine rings is 1. The molecule has 1 aliphatic rings. The number of methoxy groups -OCH3 is 1. The van der Waals surface area contributed by atoms with Crippen LogP contribution in [0.5, 0.6) is 0 Å². The van der Waals surface area contributed by atoms with Gasteiger partial charge >= 0.3 is 5.97 Å². The topological polar surface area (TPSA) is 189 Å². The van der Waals surface area contributed by atoms with E-state index in [-0.39, 0.29) is 30.3 Å². The number of unbranched alkanes of at least 4 members (excludes halogenated alkanes) is 3. The number of nitrogens with one attached hydrogen (secondary N) is 2. The lowest BCUT2D eigenvalue weighted by molar-refractivity contribution is -0.145. The van der Waals surface area contributed by atoms with Gasteiger partial charge < -0.3 is 35.4 Å². The fraction of sp³-hybridized carbons (Fsp3) is 0.613. The number of sulfonamides is 1. The lowest BCUT2D eigenvalue weighted by Gasteiger charge is -2.43. The molecule has 13 nitrogen and oxygen atoms in total. The molecule has 0 spiro atoms. The number of ether oxygens (including phenoxy) is 1. The number of hydrogen-bond acceptors (Lipinski definition) is 11. The molecule has 252 valence electrons. The number of fused-ring (bicyclic) bond motifs is 1. The number of aliphatic hydroxyl groups excluding tert-OH is 4. The summed E-state index contributed by atoms with van der Waals surface area (Å²) in [7, 11) is 0.947. The molecule has 1 heterocycles. The number of benzene rings is 2. The van der Waals surface area contributed by atoms with Gasteiger partial charge in [0, 0.05) is 50.1 Å². The van der Waals surface area contributed by atoms with Gasteiger partial charge in [0.05, 0.1) is 30.8 Å². The van der Waals surface area contributed by atoms with Crippen LogP contribution in [0.15, 0.2) is 41.3 Å². The minimum Gasteiger partial charge on any atom is -0.469 e. The Bertz CT molecular complexity index is 1370. The Hall–Kier alpha value is -2.85. The molecule has 2 aromatic rings. The van der Waals surface area contributed by atoms with Crippen molar-refractivity contribution in [2.24, 2.45) is 0 Å². The van der Waals surface area contributed by atoms with Gasteiger partial charge in [0.2, 0.25) is 15.9 Å². The molecule has 0 saturated carbocycles. The standard InChI is InChI=1S/C31H48N4O9S/c1-34(2)24-14-9-12-22-21(24)11-10-15-27(22)45(42,43)33-23(31(41)32-17-7-4-5-16-28(38)44-3)13-6-8-18-35-19-26(37)30(40)29(39)25(35)20-36/h9-12,14-15,23,25-26,29-30,33,36-37,39-40H,4-8,13,16-20H2,1-3H3,(H,32,41)/t23-,25+,26-,29+,30+/m0/s1. The van der Waals surface area contributed by atoms with Crippen molar-refractivity contribution in [2.45, 2.75) is 80.2 Å². The van der Waals surface area contributed by atoms with Crippen molar-refractivity contribution >= 4 is 38.4 Å². The SMILES string of the molecule is COC(=O)CCCCCNC(=O)[C@H](CCCCN1C[C@H](O)[C@@H](O)[C@H](O)[C@H]1CO)NS(=O)(=O)c1cccc2c(N(C)C)cccc12. The van der Waals surface area contributed by atoms with Gasteiger partial charge in [-0.05, 0) is 44.4 Å². The van der Waals surface area contributed by atoms with Crippen molar-refractivity contribution in [3.8, 4) is 0 Å². The molecule has 6 N–H and O–H groups in total. The van der Waals surface area contributed by atoms with Crippen molar-refractivity contribution in [1.82, 2.24) is 14.9 Å². The molecule has 0 aromatic heterocycles. The highest BCUT2D eigenvalue weighted by Crippen LogP contribution is 2.30. The fourth-order valence-corrected chi connectivity index (χ4v) is 7.14. The van der Waals surface area contributed by atoms with Crippen molar-refractivity contribution in [1.29, 1.82) is 0 Å². The van der Waals surface area contributed by atoms with E-state index in [0.717, 1.165) is 11.1 Å². The highest BCUT2D eigenvalue weighted by atomic mass is 32.2. The molecule has 3 rings (SSSR count). The molecule has 0 aliphatic carbocycles. The number of esters is 1. The minimum atomic E-state index is -4.13. The summed E-state index contributed by atoms with van der Waals surface area (Å²) in [5.74, 6) is -0.768. The van der Waals surface area contributed by atoms with Gasteiger partial charge in [-0.15, -0.1) is 0 Å². The highest BCUT2D eigenvalue weighted by molar-refractivity contribution is 7.89. The van der Waals surface area contributed by atoms with Crippen LogP contribution in [-0.2, 0) is 24.3 Å². The van der Waals surface area contributed by atoms with Crippen LogP contribution in [0.1, 0.15) is 44.9 Å². The van der Waals surface area contributed by atoms with Crippen LogP contribution in [-0.4, -0.2) is 123 Å². The molecule has 14 heteroatoms. The average Bonchev–Trinajstić information content (AvgIpc) is 3.01. The van der Waals surface area contributed by atoms with Gasteiger partial charge in [0.15, 0.2) is 0 Å². The summed E-state index contributed by atoms with van der Waals surface area (Å²) in [5.41, 5.74) is 0.854. The van der Waals surface area contributed by atoms with E-state index < -0.39 is 52.9 Å². The Kier molecular flexibility index (Phi) is 14.0. The van der Waals surface area contributed by atoms with Crippen molar-refractivity contribution in [2.75, 3.05) is 52.3 Å². The average molecular weight is 653 g/mol. The highest BCUT2D eigenvalue weighted by Gasteiger charge is 2.40. The first-order chi connectivity index (χ1) is 21.4. The molecule has 1 saturated heterocycles. The molecule has 1 amide bonds. The van der Waals surface area contributed by atoms with Crippen molar-refractivity contribution in [3.63, 3.8) is 0 Å².